The standard InChI is InChI=1S/C16H19F2N3O2/c1-4-12-8-15(21-10(2)20-12)19-9-11-7-13(22-3)5-6-14(11)23-16(17)18/h5-8,16H,4,9H2,1-3H3,(H,19,20,21). The van der Waals surface area contributed by atoms with Gasteiger partial charge in [-0.15, -0.1) is 0 Å². The van der Waals surface area contributed by atoms with Gasteiger partial charge in [-0.05, 0) is 31.5 Å². The molecule has 0 spiro atoms. The number of hydrogen-bond acceptors (Lipinski definition) is 5. The van der Waals surface area contributed by atoms with Crippen molar-refractivity contribution in [1.82, 2.24) is 9.97 Å². The summed E-state index contributed by atoms with van der Waals surface area (Å²) < 4.78 is 34.7. The van der Waals surface area contributed by atoms with Crippen LogP contribution < -0.4 is 14.8 Å². The quantitative estimate of drug-likeness (QED) is 0.844. The second-order valence-electron chi connectivity index (χ2n) is 4.85. The molecule has 1 N–H and O–H groups in total. The molecular formula is C16H19F2N3O2. The first-order valence-electron chi connectivity index (χ1n) is 7.22. The van der Waals surface area contributed by atoms with Crippen LogP contribution in [0.1, 0.15) is 24.0 Å². The second-order valence-corrected chi connectivity index (χ2v) is 4.85. The molecule has 2 rings (SSSR count). The van der Waals surface area contributed by atoms with Gasteiger partial charge in [-0.2, -0.15) is 8.78 Å². The summed E-state index contributed by atoms with van der Waals surface area (Å²) in [6.07, 6.45) is 0.789. The van der Waals surface area contributed by atoms with E-state index in [0.717, 1.165) is 12.1 Å². The molecule has 0 unspecified atom stereocenters. The van der Waals surface area contributed by atoms with Crippen molar-refractivity contribution in [1.29, 1.82) is 0 Å². The number of nitrogens with one attached hydrogen (secondary N) is 1. The Kier molecular flexibility index (Phi) is 5.67. The average molecular weight is 323 g/mol. The van der Waals surface area contributed by atoms with Crippen LogP contribution in [-0.4, -0.2) is 23.7 Å². The Morgan fingerprint density at radius 1 is 1.22 bits per heavy atom. The first-order chi connectivity index (χ1) is 11.0. The van der Waals surface area contributed by atoms with E-state index >= 15 is 0 Å². The third-order valence-corrected chi connectivity index (χ3v) is 3.20. The Morgan fingerprint density at radius 3 is 2.65 bits per heavy atom. The van der Waals surface area contributed by atoms with Crippen molar-refractivity contribution in [3.05, 3.63) is 41.3 Å². The summed E-state index contributed by atoms with van der Waals surface area (Å²) in [6, 6.07) is 6.52. The minimum Gasteiger partial charge on any atom is -0.497 e. The number of alkyl halides is 2. The molecule has 1 aromatic heterocycles. The van der Waals surface area contributed by atoms with E-state index in [4.69, 9.17) is 4.74 Å². The molecule has 2 aromatic rings. The predicted octanol–water partition coefficient (Wildman–Crippen LogP) is 3.57. The maximum absolute atomic E-state index is 12.5. The van der Waals surface area contributed by atoms with Crippen molar-refractivity contribution in [3.8, 4) is 11.5 Å². The van der Waals surface area contributed by atoms with Crippen molar-refractivity contribution in [2.75, 3.05) is 12.4 Å². The Morgan fingerprint density at radius 2 is 2.00 bits per heavy atom. The number of nitrogens with zero attached hydrogens (tertiary/aromatic N) is 2. The number of aromatic nitrogens is 2. The van der Waals surface area contributed by atoms with Gasteiger partial charge in [0.2, 0.25) is 0 Å². The van der Waals surface area contributed by atoms with Crippen molar-refractivity contribution in [2.45, 2.75) is 33.4 Å². The van der Waals surface area contributed by atoms with Crippen LogP contribution in [0.4, 0.5) is 14.6 Å². The summed E-state index contributed by atoms with van der Waals surface area (Å²) in [4.78, 5) is 8.58. The van der Waals surface area contributed by atoms with Gasteiger partial charge < -0.3 is 14.8 Å². The molecular weight excluding hydrogens is 304 g/mol. The SMILES string of the molecule is CCc1cc(NCc2cc(OC)ccc2OC(F)F)nc(C)n1. The highest BCUT2D eigenvalue weighted by Gasteiger charge is 2.11. The summed E-state index contributed by atoms with van der Waals surface area (Å²) >= 11 is 0. The predicted molar refractivity (Wildman–Crippen MR) is 83.1 cm³/mol. The Bertz CT molecular complexity index is 666. The van der Waals surface area contributed by atoms with Crippen LogP contribution in [0.5, 0.6) is 11.5 Å². The zero-order valence-corrected chi connectivity index (χ0v) is 13.3. The van der Waals surface area contributed by atoms with Gasteiger partial charge in [0.1, 0.15) is 23.1 Å². The molecule has 1 aromatic carbocycles. The Hall–Kier alpha value is -2.44. The van der Waals surface area contributed by atoms with E-state index in [2.05, 4.69) is 20.0 Å². The first kappa shape index (κ1) is 16.9. The zero-order chi connectivity index (χ0) is 16.8. The van der Waals surface area contributed by atoms with E-state index in [1.54, 1.807) is 19.1 Å². The zero-order valence-electron chi connectivity index (χ0n) is 13.3. The van der Waals surface area contributed by atoms with Crippen LogP contribution in [0.3, 0.4) is 0 Å². The minimum absolute atomic E-state index is 0.106. The number of methoxy groups -OCH3 is 1. The summed E-state index contributed by atoms with van der Waals surface area (Å²) in [7, 11) is 1.52. The molecule has 0 amide bonds. The average Bonchev–Trinajstić information content (AvgIpc) is 2.52. The highest BCUT2D eigenvalue weighted by Crippen LogP contribution is 2.26. The lowest BCUT2D eigenvalue weighted by atomic mass is 10.2. The fraction of sp³-hybridized carbons (Fsp3) is 0.375. The summed E-state index contributed by atoms with van der Waals surface area (Å²) in [5, 5.41) is 3.11. The van der Waals surface area contributed by atoms with Crippen molar-refractivity contribution >= 4 is 5.82 Å². The van der Waals surface area contributed by atoms with Gasteiger partial charge >= 0.3 is 6.61 Å². The van der Waals surface area contributed by atoms with Gasteiger partial charge in [-0.25, -0.2) is 9.97 Å². The number of anilines is 1. The third-order valence-electron chi connectivity index (χ3n) is 3.20. The number of ether oxygens (including phenoxy) is 2. The molecule has 1 heterocycles. The van der Waals surface area contributed by atoms with Crippen LogP contribution in [0.15, 0.2) is 24.3 Å². The van der Waals surface area contributed by atoms with Gasteiger partial charge in [0.25, 0.3) is 0 Å². The number of benzene rings is 1. The van der Waals surface area contributed by atoms with Gasteiger partial charge in [-0.1, -0.05) is 6.92 Å². The lowest BCUT2D eigenvalue weighted by molar-refractivity contribution is -0.0504. The fourth-order valence-corrected chi connectivity index (χ4v) is 2.12. The Balaban J connectivity index is 2.19. The molecule has 0 saturated carbocycles. The van der Waals surface area contributed by atoms with E-state index in [1.807, 2.05) is 13.0 Å². The lowest BCUT2D eigenvalue weighted by Gasteiger charge is -2.14. The molecule has 0 fully saturated rings. The number of halogens is 2. The summed E-state index contributed by atoms with van der Waals surface area (Å²) in [6.45, 7) is 1.21. The smallest absolute Gasteiger partial charge is 0.387 e. The van der Waals surface area contributed by atoms with E-state index < -0.39 is 6.61 Å². The molecule has 0 radical (unpaired) electrons. The van der Waals surface area contributed by atoms with Crippen LogP contribution >= 0.6 is 0 Å². The topological polar surface area (TPSA) is 56.3 Å². The molecule has 124 valence electrons. The first-order valence-corrected chi connectivity index (χ1v) is 7.22. The van der Waals surface area contributed by atoms with Crippen molar-refractivity contribution in [2.24, 2.45) is 0 Å². The second kappa shape index (κ2) is 7.71. The van der Waals surface area contributed by atoms with Gasteiger partial charge in [0.05, 0.1) is 7.11 Å². The monoisotopic (exact) mass is 323 g/mol. The molecule has 5 nitrogen and oxygen atoms in total. The van der Waals surface area contributed by atoms with Crippen molar-refractivity contribution in [3.63, 3.8) is 0 Å². The van der Waals surface area contributed by atoms with E-state index in [9.17, 15) is 8.78 Å². The molecule has 7 heteroatoms. The highest BCUT2D eigenvalue weighted by atomic mass is 19.3. The number of aryl methyl sites for hydroxylation is 2. The molecule has 23 heavy (non-hydrogen) atoms. The van der Waals surface area contributed by atoms with Gasteiger partial charge in [0, 0.05) is 23.9 Å². The normalized spacial score (nSPS) is 10.7. The largest absolute Gasteiger partial charge is 0.497 e. The molecule has 0 aliphatic rings. The van der Waals surface area contributed by atoms with E-state index in [0.29, 0.717) is 23.0 Å². The maximum Gasteiger partial charge on any atom is 0.387 e. The molecule has 0 saturated heterocycles. The molecule has 0 atom stereocenters. The van der Waals surface area contributed by atoms with Gasteiger partial charge in [-0.3, -0.25) is 0 Å². The van der Waals surface area contributed by atoms with Crippen LogP contribution in [0.25, 0.3) is 0 Å². The molecule has 0 aliphatic heterocycles. The molecule has 0 bridgehead atoms. The highest BCUT2D eigenvalue weighted by molar-refractivity contribution is 5.44. The van der Waals surface area contributed by atoms with Gasteiger partial charge in [0.15, 0.2) is 0 Å². The lowest BCUT2D eigenvalue weighted by Crippen LogP contribution is -2.09. The third kappa shape index (κ3) is 4.77. The summed E-state index contributed by atoms with van der Waals surface area (Å²) in [5.41, 5.74) is 1.47. The van der Waals surface area contributed by atoms with E-state index in [-0.39, 0.29) is 12.3 Å². The minimum atomic E-state index is -2.88. The number of hydrogen-bond donors (Lipinski definition) is 1. The fourth-order valence-electron chi connectivity index (χ4n) is 2.12. The Labute approximate surface area is 133 Å². The molecule has 0 aliphatic carbocycles. The van der Waals surface area contributed by atoms with Crippen LogP contribution in [0.2, 0.25) is 0 Å². The summed E-state index contributed by atoms with van der Waals surface area (Å²) in [5.74, 6) is 1.97. The van der Waals surface area contributed by atoms with Crippen LogP contribution in [-0.2, 0) is 13.0 Å². The van der Waals surface area contributed by atoms with Crippen molar-refractivity contribution < 1.29 is 18.3 Å². The number of rotatable bonds is 7. The van der Waals surface area contributed by atoms with Crippen LogP contribution in [0, 0.1) is 6.92 Å². The van der Waals surface area contributed by atoms with E-state index in [1.165, 1.54) is 13.2 Å². The maximum atomic E-state index is 12.5.